The molecule has 0 bridgehead atoms. The summed E-state index contributed by atoms with van der Waals surface area (Å²) in [6, 6.07) is 12.3. The lowest BCUT2D eigenvalue weighted by Crippen LogP contribution is -2.52. The van der Waals surface area contributed by atoms with Gasteiger partial charge in [0.25, 0.3) is 0 Å². The topological polar surface area (TPSA) is 49.4 Å². The number of piperidine rings is 1. The van der Waals surface area contributed by atoms with Gasteiger partial charge < -0.3 is 5.32 Å². The molecule has 0 aromatic heterocycles. The molecule has 6 heteroatoms. The fraction of sp³-hybridized carbons (Fsp3) is 0.455. The van der Waals surface area contributed by atoms with Crippen LogP contribution in [0.2, 0.25) is 0 Å². The van der Waals surface area contributed by atoms with Crippen LogP contribution in [0.15, 0.2) is 47.4 Å². The second kappa shape index (κ2) is 7.93. The summed E-state index contributed by atoms with van der Waals surface area (Å²) >= 11 is 0. The van der Waals surface area contributed by atoms with Crippen molar-refractivity contribution in [3.05, 3.63) is 65.0 Å². The highest BCUT2D eigenvalue weighted by atomic mass is 32.2. The average Bonchev–Trinajstić information content (AvgIpc) is 2.70. The highest BCUT2D eigenvalue weighted by Gasteiger charge is 2.41. The predicted molar refractivity (Wildman–Crippen MR) is 108 cm³/mol. The molecule has 1 fully saturated rings. The molecule has 2 aromatic rings. The summed E-state index contributed by atoms with van der Waals surface area (Å²) in [6.45, 7) is 4.66. The number of hydrogen-bond donors (Lipinski definition) is 1. The second-order valence-corrected chi connectivity index (χ2v) is 9.95. The Morgan fingerprint density at radius 1 is 1.18 bits per heavy atom. The molecule has 4 rings (SSSR count). The number of nitrogens with zero attached hydrogens (tertiary/aromatic N) is 1. The van der Waals surface area contributed by atoms with Gasteiger partial charge in [-0.15, -0.1) is 0 Å². The van der Waals surface area contributed by atoms with Gasteiger partial charge in [-0.25, -0.2) is 12.8 Å². The van der Waals surface area contributed by atoms with E-state index in [0.29, 0.717) is 25.2 Å². The van der Waals surface area contributed by atoms with Gasteiger partial charge >= 0.3 is 0 Å². The first-order chi connectivity index (χ1) is 13.5. The van der Waals surface area contributed by atoms with Crippen LogP contribution in [0.25, 0.3) is 0 Å². The molecule has 2 heterocycles. The Bertz CT molecular complexity index is 955. The van der Waals surface area contributed by atoms with Crippen molar-refractivity contribution in [3.8, 4) is 0 Å². The first-order valence-corrected chi connectivity index (χ1v) is 11.5. The van der Waals surface area contributed by atoms with E-state index in [2.05, 4.69) is 22.3 Å². The maximum absolute atomic E-state index is 13.9. The molecule has 2 aromatic carbocycles. The van der Waals surface area contributed by atoms with Gasteiger partial charge in [-0.1, -0.05) is 30.3 Å². The lowest BCUT2D eigenvalue weighted by Gasteiger charge is -2.40. The molecule has 0 radical (unpaired) electrons. The molecule has 1 N–H and O–H groups in total. The summed E-state index contributed by atoms with van der Waals surface area (Å²) in [5.74, 6) is -0.514. The minimum Gasteiger partial charge on any atom is -0.316 e. The largest absolute Gasteiger partial charge is 0.316 e. The van der Waals surface area contributed by atoms with E-state index in [1.807, 2.05) is 12.1 Å². The molecule has 0 saturated carbocycles. The fourth-order valence-corrected chi connectivity index (χ4v) is 6.98. The Balaban J connectivity index is 1.75. The van der Waals surface area contributed by atoms with Crippen molar-refractivity contribution in [3.63, 3.8) is 0 Å². The Hall–Kier alpha value is -1.76. The summed E-state index contributed by atoms with van der Waals surface area (Å²) < 4.78 is 41.5. The first kappa shape index (κ1) is 19.6. The van der Waals surface area contributed by atoms with Crippen molar-refractivity contribution in [1.29, 1.82) is 0 Å². The third-order valence-corrected chi connectivity index (χ3v) is 8.40. The van der Waals surface area contributed by atoms with Crippen LogP contribution in [0.3, 0.4) is 0 Å². The van der Waals surface area contributed by atoms with Crippen LogP contribution in [-0.2, 0) is 22.8 Å². The Kier molecular flexibility index (Phi) is 5.54. The van der Waals surface area contributed by atoms with E-state index in [0.717, 1.165) is 25.8 Å². The molecule has 0 spiro atoms. The molecular formula is C22H27FN2O2S. The number of fused-ring (bicyclic) bond motifs is 1. The zero-order valence-electron chi connectivity index (χ0n) is 16.2. The summed E-state index contributed by atoms with van der Waals surface area (Å²) in [6.07, 6.45) is 2.66. The predicted octanol–water partition coefficient (Wildman–Crippen LogP) is 3.29. The zero-order valence-corrected chi connectivity index (χ0v) is 17.0. The monoisotopic (exact) mass is 402 g/mol. The van der Waals surface area contributed by atoms with Crippen molar-refractivity contribution in [2.45, 2.75) is 43.0 Å². The molecule has 2 aliphatic rings. The molecule has 2 unspecified atom stereocenters. The molecule has 28 heavy (non-hydrogen) atoms. The minimum absolute atomic E-state index is 0.00770. The van der Waals surface area contributed by atoms with Gasteiger partial charge in [0.2, 0.25) is 0 Å². The van der Waals surface area contributed by atoms with Gasteiger partial charge in [-0.2, -0.15) is 0 Å². The van der Waals surface area contributed by atoms with Gasteiger partial charge in [0.1, 0.15) is 11.2 Å². The molecule has 2 aliphatic heterocycles. The molecule has 0 amide bonds. The van der Waals surface area contributed by atoms with E-state index in [-0.39, 0.29) is 10.8 Å². The Labute approximate surface area is 166 Å². The minimum atomic E-state index is -3.71. The number of benzene rings is 2. The van der Waals surface area contributed by atoms with Crippen molar-refractivity contribution in [2.24, 2.45) is 5.92 Å². The summed E-state index contributed by atoms with van der Waals surface area (Å²) in [5.41, 5.74) is 3.08. The Morgan fingerprint density at radius 2 is 1.96 bits per heavy atom. The summed E-state index contributed by atoms with van der Waals surface area (Å²) in [7, 11) is -3.71. The van der Waals surface area contributed by atoms with Gasteiger partial charge in [-0.3, -0.25) is 4.90 Å². The van der Waals surface area contributed by atoms with E-state index in [1.54, 1.807) is 13.0 Å². The van der Waals surface area contributed by atoms with Crippen LogP contribution in [0.1, 0.15) is 29.5 Å². The quantitative estimate of drug-likeness (QED) is 0.853. The second-order valence-electron chi connectivity index (χ2n) is 7.94. The van der Waals surface area contributed by atoms with Crippen molar-refractivity contribution in [1.82, 2.24) is 10.2 Å². The maximum Gasteiger partial charge on any atom is 0.195 e. The van der Waals surface area contributed by atoms with Crippen LogP contribution >= 0.6 is 0 Å². The van der Waals surface area contributed by atoms with Crippen LogP contribution in [0.5, 0.6) is 0 Å². The standard InChI is InChI=1S/C22H27FN2O2S/c1-16-8-9-20(23)13-21(16)28(26,27)22(18-7-4-11-24-14-18)25-12-10-17-5-2-3-6-19(17)15-25/h2-3,5-6,8-9,13,18,22,24H,4,7,10-12,14-15H2,1H3. The van der Waals surface area contributed by atoms with Gasteiger partial charge in [-0.05, 0) is 61.6 Å². The van der Waals surface area contributed by atoms with Crippen LogP contribution in [-0.4, -0.2) is 38.3 Å². The van der Waals surface area contributed by atoms with E-state index >= 15 is 0 Å². The summed E-state index contributed by atoms with van der Waals surface area (Å²) in [4.78, 5) is 2.22. The van der Waals surface area contributed by atoms with E-state index in [9.17, 15) is 12.8 Å². The van der Waals surface area contributed by atoms with Crippen molar-refractivity contribution >= 4 is 9.84 Å². The number of nitrogens with one attached hydrogen (secondary N) is 1. The number of hydrogen-bond acceptors (Lipinski definition) is 4. The summed E-state index contributed by atoms with van der Waals surface area (Å²) in [5, 5.41) is 2.71. The number of halogens is 1. The number of rotatable bonds is 4. The molecule has 2 atom stereocenters. The lowest BCUT2D eigenvalue weighted by atomic mass is 9.95. The highest BCUT2D eigenvalue weighted by molar-refractivity contribution is 7.92. The van der Waals surface area contributed by atoms with Gasteiger partial charge in [0, 0.05) is 25.6 Å². The third-order valence-electron chi connectivity index (χ3n) is 6.03. The zero-order chi connectivity index (χ0) is 19.7. The van der Waals surface area contributed by atoms with Gasteiger partial charge in [0.15, 0.2) is 9.84 Å². The third kappa shape index (κ3) is 3.73. The van der Waals surface area contributed by atoms with Crippen molar-refractivity contribution < 1.29 is 12.8 Å². The smallest absolute Gasteiger partial charge is 0.195 e. The number of sulfone groups is 1. The van der Waals surface area contributed by atoms with Crippen LogP contribution in [0.4, 0.5) is 4.39 Å². The van der Waals surface area contributed by atoms with Crippen molar-refractivity contribution in [2.75, 3.05) is 19.6 Å². The van der Waals surface area contributed by atoms with E-state index < -0.39 is 21.0 Å². The van der Waals surface area contributed by atoms with E-state index in [1.165, 1.54) is 23.3 Å². The van der Waals surface area contributed by atoms with Crippen LogP contribution in [0, 0.1) is 18.7 Å². The first-order valence-electron chi connectivity index (χ1n) is 9.98. The lowest BCUT2D eigenvalue weighted by molar-refractivity contribution is 0.162. The SMILES string of the molecule is Cc1ccc(F)cc1S(=O)(=O)C(C1CCCNC1)N1CCc2ccccc2C1. The Morgan fingerprint density at radius 3 is 2.71 bits per heavy atom. The highest BCUT2D eigenvalue weighted by Crippen LogP contribution is 2.33. The molecule has 0 aliphatic carbocycles. The molecule has 1 saturated heterocycles. The van der Waals surface area contributed by atoms with E-state index in [4.69, 9.17) is 0 Å². The normalized spacial score (nSPS) is 21.9. The number of aryl methyl sites for hydroxylation is 1. The molecule has 150 valence electrons. The average molecular weight is 403 g/mol. The van der Waals surface area contributed by atoms with Crippen LogP contribution < -0.4 is 5.32 Å². The molecule has 4 nitrogen and oxygen atoms in total. The van der Waals surface area contributed by atoms with Gasteiger partial charge in [0.05, 0.1) is 4.90 Å². The maximum atomic E-state index is 13.9. The fourth-order valence-electron chi connectivity index (χ4n) is 4.62. The molecular weight excluding hydrogens is 375 g/mol.